The highest BCUT2D eigenvalue weighted by Gasteiger charge is 2.47. The summed E-state index contributed by atoms with van der Waals surface area (Å²) >= 11 is 0. The lowest BCUT2D eigenvalue weighted by Gasteiger charge is -2.35. The van der Waals surface area contributed by atoms with Crippen LogP contribution in [0.25, 0.3) is 0 Å². The summed E-state index contributed by atoms with van der Waals surface area (Å²) in [6.07, 6.45) is 2.84. The van der Waals surface area contributed by atoms with Crippen LogP contribution >= 0.6 is 0 Å². The Labute approximate surface area is 165 Å². The van der Waals surface area contributed by atoms with E-state index >= 15 is 0 Å². The normalized spacial score (nSPS) is 20.6. The highest BCUT2D eigenvalue weighted by molar-refractivity contribution is 6.00. The molecule has 3 heterocycles. The number of hydrogen-bond acceptors (Lipinski definition) is 6. The zero-order valence-electron chi connectivity index (χ0n) is 15.0. The van der Waals surface area contributed by atoms with Crippen molar-refractivity contribution in [2.75, 3.05) is 6.61 Å². The number of nitrogens with one attached hydrogen (secondary N) is 1. The molecule has 2 aromatic heterocycles. The van der Waals surface area contributed by atoms with Crippen molar-refractivity contribution >= 4 is 5.84 Å². The zero-order chi connectivity index (χ0) is 20.4. The molecule has 0 bridgehead atoms. The zero-order valence-corrected chi connectivity index (χ0v) is 15.0. The van der Waals surface area contributed by atoms with Crippen molar-refractivity contribution in [3.63, 3.8) is 0 Å². The second kappa shape index (κ2) is 7.37. The molecule has 0 unspecified atom stereocenters. The first-order valence-electron chi connectivity index (χ1n) is 8.78. The number of aromatic nitrogens is 2. The molecule has 2 atom stereocenters. The highest BCUT2D eigenvalue weighted by Crippen LogP contribution is 2.38. The van der Waals surface area contributed by atoms with E-state index in [9.17, 15) is 13.9 Å². The summed E-state index contributed by atoms with van der Waals surface area (Å²) < 4.78 is 27.0. The average molecular weight is 391 g/mol. The van der Waals surface area contributed by atoms with E-state index in [1.165, 1.54) is 30.6 Å². The number of hydrogen-bond donors (Lipinski definition) is 2. The Bertz CT molecular complexity index is 1060. The van der Waals surface area contributed by atoms with Gasteiger partial charge in [0.05, 0.1) is 18.2 Å². The Hall–Kier alpha value is -3.70. The van der Waals surface area contributed by atoms with Crippen molar-refractivity contribution in [1.29, 1.82) is 5.26 Å². The van der Waals surface area contributed by atoms with Gasteiger partial charge in [0.25, 0.3) is 0 Å². The second-order valence-corrected chi connectivity index (χ2v) is 6.53. The van der Waals surface area contributed by atoms with Gasteiger partial charge in [-0.25, -0.2) is 9.37 Å². The van der Waals surface area contributed by atoms with Crippen LogP contribution in [0.1, 0.15) is 22.4 Å². The van der Waals surface area contributed by atoms with E-state index in [2.05, 4.69) is 20.3 Å². The van der Waals surface area contributed by atoms with Crippen LogP contribution in [0.2, 0.25) is 0 Å². The molecule has 0 spiro atoms. The van der Waals surface area contributed by atoms with E-state index in [1.807, 2.05) is 6.07 Å². The number of rotatable bonds is 4. The maximum atomic E-state index is 13.6. The molecule has 1 aromatic carbocycles. The van der Waals surface area contributed by atoms with Gasteiger partial charge < -0.3 is 10.4 Å². The van der Waals surface area contributed by atoms with Crippen LogP contribution in [0.5, 0.6) is 0 Å². The van der Waals surface area contributed by atoms with Gasteiger partial charge in [-0.1, -0.05) is 18.2 Å². The molecule has 0 saturated carbocycles. The summed E-state index contributed by atoms with van der Waals surface area (Å²) in [6.45, 7) is -0.344. The summed E-state index contributed by atoms with van der Waals surface area (Å²) in [5.41, 5.74) is 0.855. The van der Waals surface area contributed by atoms with Crippen LogP contribution in [-0.4, -0.2) is 33.6 Å². The quantitative estimate of drug-likeness (QED) is 0.666. The maximum Gasteiger partial charge on any atom is 0.212 e. The minimum atomic E-state index is -1.12. The first-order valence-corrected chi connectivity index (χ1v) is 8.78. The van der Waals surface area contributed by atoms with E-state index in [0.717, 1.165) is 0 Å². The molecule has 8 heteroatoms. The third kappa shape index (κ3) is 3.22. The van der Waals surface area contributed by atoms with Crippen molar-refractivity contribution < 1.29 is 13.9 Å². The number of aliphatic hydroxyl groups excluding tert-OH is 1. The van der Waals surface area contributed by atoms with Crippen molar-refractivity contribution in [2.45, 2.75) is 11.6 Å². The molecule has 6 nitrogen and oxygen atoms in total. The molecular weight excluding hydrogens is 376 g/mol. The number of amidine groups is 1. The van der Waals surface area contributed by atoms with Crippen LogP contribution in [0, 0.1) is 23.1 Å². The summed E-state index contributed by atoms with van der Waals surface area (Å²) in [6, 6.07) is 13.0. The lowest BCUT2D eigenvalue weighted by atomic mass is 9.78. The molecule has 0 saturated heterocycles. The van der Waals surface area contributed by atoms with Crippen molar-refractivity contribution in [1.82, 2.24) is 15.3 Å². The molecule has 0 fully saturated rings. The standard InChI is InChI=1S/C21H15F2N5O/c22-16-4-1-14(2-5-16)21(15-3-6-19(23)26-11-15)18(12-29)27-20(28-21)17-9-13(10-24)7-8-25-17/h1-9,11,18,29H,12H2,(H,27,28)/t18-,21-/m0/s1. The fraction of sp³-hybridized carbons (Fsp3) is 0.143. The summed E-state index contributed by atoms with van der Waals surface area (Å²) in [5.74, 6) is -0.704. The monoisotopic (exact) mass is 391 g/mol. The third-order valence-corrected chi connectivity index (χ3v) is 4.89. The number of halogens is 2. The van der Waals surface area contributed by atoms with Crippen molar-refractivity contribution in [2.24, 2.45) is 4.99 Å². The van der Waals surface area contributed by atoms with Crippen LogP contribution in [-0.2, 0) is 5.54 Å². The Morgan fingerprint density at radius 1 is 1.07 bits per heavy atom. The first kappa shape index (κ1) is 18.7. The van der Waals surface area contributed by atoms with Crippen molar-refractivity contribution in [3.8, 4) is 6.07 Å². The SMILES string of the molecule is N#Cc1ccnc(C2=N[C@@H](CO)[C@](c3ccc(F)cc3)(c3ccc(F)nc3)N2)c1. The summed E-state index contributed by atoms with van der Waals surface area (Å²) in [7, 11) is 0. The molecule has 1 aliphatic rings. The number of benzene rings is 1. The van der Waals surface area contributed by atoms with Gasteiger partial charge in [-0.05, 0) is 35.9 Å². The molecule has 2 N–H and O–H groups in total. The number of aliphatic hydroxyl groups is 1. The Kier molecular flexibility index (Phi) is 4.74. The molecular formula is C21H15F2N5O. The third-order valence-electron chi connectivity index (χ3n) is 4.89. The molecule has 29 heavy (non-hydrogen) atoms. The first-order chi connectivity index (χ1) is 14.1. The molecule has 144 valence electrons. The molecule has 4 rings (SSSR count). The molecule has 1 aliphatic heterocycles. The predicted octanol–water partition coefficient (Wildman–Crippen LogP) is 2.28. The van der Waals surface area contributed by atoms with Gasteiger partial charge in [-0.2, -0.15) is 9.65 Å². The number of aliphatic imine (C=N–C) groups is 1. The number of pyridine rings is 2. The van der Waals surface area contributed by atoms with E-state index in [0.29, 0.717) is 28.2 Å². The van der Waals surface area contributed by atoms with E-state index in [4.69, 9.17) is 5.26 Å². The minimum Gasteiger partial charge on any atom is -0.394 e. The van der Waals surface area contributed by atoms with Crippen LogP contribution in [0.15, 0.2) is 65.9 Å². The van der Waals surface area contributed by atoms with Crippen LogP contribution < -0.4 is 5.32 Å². The fourth-order valence-corrected chi connectivity index (χ4v) is 3.51. The Balaban J connectivity index is 1.87. The number of nitrogens with zero attached hydrogens (tertiary/aromatic N) is 4. The smallest absolute Gasteiger partial charge is 0.212 e. The van der Waals surface area contributed by atoms with Gasteiger partial charge in [0.15, 0.2) is 0 Å². The summed E-state index contributed by atoms with van der Waals surface area (Å²) in [5, 5.41) is 22.5. The van der Waals surface area contributed by atoms with Gasteiger partial charge in [0.2, 0.25) is 5.95 Å². The molecule has 3 aromatic rings. The largest absolute Gasteiger partial charge is 0.394 e. The molecule has 0 aliphatic carbocycles. The van der Waals surface area contributed by atoms with Crippen molar-refractivity contribution in [3.05, 3.63) is 95.1 Å². The Morgan fingerprint density at radius 3 is 2.48 bits per heavy atom. The van der Waals surface area contributed by atoms with Crippen LogP contribution in [0.4, 0.5) is 8.78 Å². The van der Waals surface area contributed by atoms with Gasteiger partial charge >= 0.3 is 0 Å². The summed E-state index contributed by atoms with van der Waals surface area (Å²) in [4.78, 5) is 12.6. The Morgan fingerprint density at radius 2 is 1.83 bits per heavy atom. The second-order valence-electron chi connectivity index (χ2n) is 6.53. The predicted molar refractivity (Wildman–Crippen MR) is 101 cm³/mol. The minimum absolute atomic E-state index is 0.344. The van der Waals surface area contributed by atoms with Crippen LogP contribution in [0.3, 0.4) is 0 Å². The lowest BCUT2D eigenvalue weighted by molar-refractivity contribution is 0.225. The maximum absolute atomic E-state index is 13.6. The number of nitriles is 1. The van der Waals surface area contributed by atoms with Gasteiger partial charge in [0.1, 0.15) is 28.9 Å². The van der Waals surface area contributed by atoms with E-state index in [1.54, 1.807) is 30.3 Å². The van der Waals surface area contributed by atoms with Gasteiger partial charge in [0, 0.05) is 18.0 Å². The fourth-order valence-electron chi connectivity index (χ4n) is 3.51. The van der Waals surface area contributed by atoms with Gasteiger partial charge in [-0.15, -0.1) is 0 Å². The highest BCUT2D eigenvalue weighted by atomic mass is 19.1. The van der Waals surface area contributed by atoms with E-state index < -0.39 is 23.3 Å². The van der Waals surface area contributed by atoms with Gasteiger partial charge in [-0.3, -0.25) is 9.98 Å². The average Bonchev–Trinajstić information content (AvgIpc) is 3.15. The molecule has 0 amide bonds. The lowest BCUT2D eigenvalue weighted by Crippen LogP contribution is -2.50. The van der Waals surface area contributed by atoms with E-state index in [-0.39, 0.29) is 6.61 Å². The molecule has 0 radical (unpaired) electrons. The topological polar surface area (TPSA) is 94.2 Å².